The molecule has 1 saturated heterocycles. The molecular weight excluding hydrogens is 532 g/mol. The Kier molecular flexibility index (Phi) is 9.40. The molecule has 0 aromatic heterocycles. The summed E-state index contributed by atoms with van der Waals surface area (Å²) in [4.78, 5) is 14.9. The number of nitrogens with zero attached hydrogens (tertiary/aromatic N) is 2. The Balaban J connectivity index is 1.66. The van der Waals surface area contributed by atoms with Crippen LogP contribution in [0.15, 0.2) is 42.5 Å². The van der Waals surface area contributed by atoms with Crippen molar-refractivity contribution in [3.8, 4) is 17.2 Å². The number of hydrogen-bond donors (Lipinski definition) is 1. The lowest BCUT2D eigenvalue weighted by atomic mass is 9.82. The number of carboxylic acids is 1. The van der Waals surface area contributed by atoms with Gasteiger partial charge in [0.15, 0.2) is 11.5 Å². The van der Waals surface area contributed by atoms with Crippen LogP contribution in [0.1, 0.15) is 42.9 Å². The number of aliphatic carboxylic acids is 1. The van der Waals surface area contributed by atoms with Crippen LogP contribution in [0.5, 0.6) is 17.2 Å². The van der Waals surface area contributed by atoms with E-state index in [1.807, 2.05) is 49.4 Å². The quantitative estimate of drug-likeness (QED) is 0.364. The zero-order valence-electron chi connectivity index (χ0n) is 21.7. The van der Waals surface area contributed by atoms with Crippen molar-refractivity contribution in [1.29, 1.82) is 0 Å². The number of rotatable bonds is 13. The van der Waals surface area contributed by atoms with E-state index in [0.717, 1.165) is 11.1 Å². The molecule has 208 valence electrons. The standard InChI is InChI=1S/C27H35ClN2O7S/c1-3-12-30(38(33,34)15-4-11-28)14-13-29-17-22(20-7-10-23-24(16-20)37-18-36-23)25(27(31)32)26(29)19-5-8-21(35-2)9-6-19/h5-10,16,22,25-26H,3-4,11-15,17-18H2,1-2H3,(H,31,32). The van der Waals surface area contributed by atoms with E-state index in [4.69, 9.17) is 25.8 Å². The predicted octanol–water partition coefficient (Wildman–Crippen LogP) is 3.94. The van der Waals surface area contributed by atoms with Crippen LogP contribution >= 0.6 is 11.6 Å². The van der Waals surface area contributed by atoms with Crippen molar-refractivity contribution in [1.82, 2.24) is 9.21 Å². The summed E-state index contributed by atoms with van der Waals surface area (Å²) in [6.07, 6.45) is 1.06. The highest BCUT2D eigenvalue weighted by molar-refractivity contribution is 7.89. The van der Waals surface area contributed by atoms with Crippen LogP contribution in [-0.2, 0) is 14.8 Å². The normalized spacial score (nSPS) is 21.2. The topological polar surface area (TPSA) is 106 Å². The number of alkyl halides is 1. The molecule has 3 unspecified atom stereocenters. The Morgan fingerprint density at radius 3 is 2.50 bits per heavy atom. The summed E-state index contributed by atoms with van der Waals surface area (Å²) in [7, 11) is -1.89. The van der Waals surface area contributed by atoms with Crippen LogP contribution in [0.4, 0.5) is 0 Å². The molecule has 38 heavy (non-hydrogen) atoms. The van der Waals surface area contributed by atoms with Gasteiger partial charge in [0, 0.05) is 44.0 Å². The number of methoxy groups -OCH3 is 1. The van der Waals surface area contributed by atoms with Crippen LogP contribution in [0, 0.1) is 5.92 Å². The molecule has 1 N–H and O–H groups in total. The van der Waals surface area contributed by atoms with E-state index < -0.39 is 28.0 Å². The Hall–Kier alpha value is -2.53. The number of sulfonamides is 1. The fraction of sp³-hybridized carbons (Fsp3) is 0.519. The maximum absolute atomic E-state index is 13.0. The number of carbonyl (C=O) groups is 1. The number of halogens is 1. The van der Waals surface area contributed by atoms with Gasteiger partial charge in [0.05, 0.1) is 18.8 Å². The van der Waals surface area contributed by atoms with Gasteiger partial charge < -0.3 is 19.3 Å². The van der Waals surface area contributed by atoms with Crippen molar-refractivity contribution in [2.45, 2.75) is 31.7 Å². The van der Waals surface area contributed by atoms with Gasteiger partial charge in [-0.25, -0.2) is 12.7 Å². The lowest BCUT2D eigenvalue weighted by Crippen LogP contribution is -2.40. The van der Waals surface area contributed by atoms with Crippen LogP contribution in [0.25, 0.3) is 0 Å². The molecule has 2 heterocycles. The Morgan fingerprint density at radius 1 is 1.13 bits per heavy atom. The number of benzene rings is 2. The number of fused-ring (bicyclic) bond motifs is 1. The molecule has 11 heteroatoms. The molecule has 1 fully saturated rings. The van der Waals surface area contributed by atoms with Crippen LogP contribution in [0.2, 0.25) is 0 Å². The SMILES string of the molecule is CCCN(CCN1CC(c2ccc3c(c2)OCO3)C(C(=O)O)C1c1ccc(OC)cc1)S(=O)(=O)CCCCl. The summed E-state index contributed by atoms with van der Waals surface area (Å²) in [5.41, 5.74) is 1.69. The van der Waals surface area contributed by atoms with Gasteiger partial charge in [0.1, 0.15) is 5.75 Å². The average Bonchev–Trinajstić information content (AvgIpc) is 3.54. The Labute approximate surface area is 229 Å². The van der Waals surface area contributed by atoms with Gasteiger partial charge in [-0.15, -0.1) is 11.6 Å². The zero-order chi connectivity index (χ0) is 27.3. The maximum Gasteiger partial charge on any atom is 0.309 e. The van der Waals surface area contributed by atoms with E-state index in [2.05, 4.69) is 4.90 Å². The smallest absolute Gasteiger partial charge is 0.309 e. The second-order valence-corrected chi connectivity index (χ2v) is 12.0. The number of likely N-dealkylation sites (tertiary alicyclic amines) is 1. The average molecular weight is 567 g/mol. The molecule has 2 aliphatic rings. The minimum absolute atomic E-state index is 0.00399. The zero-order valence-corrected chi connectivity index (χ0v) is 23.3. The van der Waals surface area contributed by atoms with E-state index in [1.54, 1.807) is 7.11 Å². The minimum atomic E-state index is -3.47. The third-order valence-electron chi connectivity index (χ3n) is 7.20. The Bertz CT molecular complexity index is 1210. The summed E-state index contributed by atoms with van der Waals surface area (Å²) in [6, 6.07) is 12.5. The Morgan fingerprint density at radius 2 is 1.84 bits per heavy atom. The van der Waals surface area contributed by atoms with Crippen molar-refractivity contribution >= 4 is 27.6 Å². The molecule has 2 aromatic carbocycles. The lowest BCUT2D eigenvalue weighted by molar-refractivity contribution is -0.143. The van der Waals surface area contributed by atoms with Gasteiger partial charge in [-0.2, -0.15) is 0 Å². The first kappa shape index (κ1) is 28.5. The second-order valence-electron chi connectivity index (χ2n) is 9.55. The molecular formula is C27H35ClN2O7S. The molecule has 4 rings (SSSR count). The maximum atomic E-state index is 13.0. The molecule has 0 radical (unpaired) electrons. The van der Waals surface area contributed by atoms with E-state index in [9.17, 15) is 18.3 Å². The van der Waals surface area contributed by atoms with Crippen LogP contribution < -0.4 is 14.2 Å². The van der Waals surface area contributed by atoms with Gasteiger partial charge in [-0.3, -0.25) is 9.69 Å². The molecule has 0 bridgehead atoms. The van der Waals surface area contributed by atoms with Crippen molar-refractivity contribution < 1.29 is 32.5 Å². The van der Waals surface area contributed by atoms with Gasteiger partial charge in [0.2, 0.25) is 16.8 Å². The fourth-order valence-corrected chi connectivity index (χ4v) is 7.27. The summed E-state index contributed by atoms with van der Waals surface area (Å²) in [5, 5.41) is 10.5. The van der Waals surface area contributed by atoms with Crippen molar-refractivity contribution in [2.24, 2.45) is 5.92 Å². The fourth-order valence-electron chi connectivity index (χ4n) is 5.39. The van der Waals surface area contributed by atoms with Crippen molar-refractivity contribution in [3.63, 3.8) is 0 Å². The largest absolute Gasteiger partial charge is 0.497 e. The van der Waals surface area contributed by atoms with Gasteiger partial charge >= 0.3 is 5.97 Å². The van der Waals surface area contributed by atoms with E-state index in [-0.39, 0.29) is 30.9 Å². The second kappa shape index (κ2) is 12.5. The minimum Gasteiger partial charge on any atom is -0.497 e. The summed E-state index contributed by atoms with van der Waals surface area (Å²) in [6.45, 7) is 3.59. The number of carboxylic acid groups (broad SMARTS) is 1. The molecule has 0 saturated carbocycles. The summed E-state index contributed by atoms with van der Waals surface area (Å²) >= 11 is 5.76. The third-order valence-corrected chi connectivity index (χ3v) is 9.43. The van der Waals surface area contributed by atoms with E-state index in [0.29, 0.717) is 49.7 Å². The first-order chi connectivity index (χ1) is 18.3. The predicted molar refractivity (Wildman–Crippen MR) is 145 cm³/mol. The number of ether oxygens (including phenoxy) is 3. The van der Waals surface area contributed by atoms with E-state index in [1.165, 1.54) is 4.31 Å². The summed E-state index contributed by atoms with van der Waals surface area (Å²) < 4.78 is 43.8. The summed E-state index contributed by atoms with van der Waals surface area (Å²) in [5.74, 6) is 0.203. The molecule has 9 nitrogen and oxygen atoms in total. The molecule has 0 aliphatic carbocycles. The third kappa shape index (κ3) is 6.20. The molecule has 0 spiro atoms. The van der Waals surface area contributed by atoms with Crippen molar-refractivity contribution in [3.05, 3.63) is 53.6 Å². The molecule has 0 amide bonds. The van der Waals surface area contributed by atoms with Gasteiger partial charge in [0.25, 0.3) is 0 Å². The first-order valence-corrected chi connectivity index (χ1v) is 15.0. The number of hydrogen-bond acceptors (Lipinski definition) is 7. The van der Waals surface area contributed by atoms with E-state index >= 15 is 0 Å². The van der Waals surface area contributed by atoms with Crippen LogP contribution in [-0.4, -0.2) is 80.4 Å². The molecule has 3 atom stereocenters. The van der Waals surface area contributed by atoms with Crippen LogP contribution in [0.3, 0.4) is 0 Å². The highest BCUT2D eigenvalue weighted by Gasteiger charge is 2.47. The van der Waals surface area contributed by atoms with Crippen molar-refractivity contribution in [2.75, 3.05) is 51.7 Å². The lowest BCUT2D eigenvalue weighted by Gasteiger charge is -2.30. The molecule has 2 aliphatic heterocycles. The van der Waals surface area contributed by atoms with Gasteiger partial charge in [-0.05, 0) is 48.2 Å². The van der Waals surface area contributed by atoms with Gasteiger partial charge in [-0.1, -0.05) is 25.1 Å². The molecule has 2 aromatic rings. The monoisotopic (exact) mass is 566 g/mol. The highest BCUT2D eigenvalue weighted by Crippen LogP contribution is 2.47. The highest BCUT2D eigenvalue weighted by atomic mass is 35.5. The first-order valence-electron chi connectivity index (χ1n) is 12.8.